The van der Waals surface area contributed by atoms with Gasteiger partial charge in [-0.2, -0.15) is 0 Å². The third kappa shape index (κ3) is 4.36. The van der Waals surface area contributed by atoms with Gasteiger partial charge in [-0.25, -0.2) is 0 Å². The van der Waals surface area contributed by atoms with Gasteiger partial charge in [0.1, 0.15) is 12.0 Å². The molecular weight excluding hydrogens is 328 g/mol. The number of hydrogen-bond donors (Lipinski definition) is 0. The molecule has 0 aliphatic rings. The molecule has 0 aliphatic heterocycles. The zero-order chi connectivity index (χ0) is 17.5. The van der Waals surface area contributed by atoms with Gasteiger partial charge in [0.05, 0.1) is 6.61 Å². The standard InChI is InChI=1S/C19H19ClO4/c1-3-23-19(22)17(14-9-5-4-6-10-14)18(24-13(2)21)15-11-7-8-12-16(15)20/h4-12,17-18H,3H2,1-2H3. The SMILES string of the molecule is CCOC(=O)C(c1ccccc1)C(OC(C)=O)c1ccccc1Cl. The summed E-state index contributed by atoms with van der Waals surface area (Å²) in [4.78, 5) is 24.2. The minimum absolute atomic E-state index is 0.234. The zero-order valence-electron chi connectivity index (χ0n) is 13.6. The highest BCUT2D eigenvalue weighted by molar-refractivity contribution is 6.31. The number of ether oxygens (including phenoxy) is 2. The van der Waals surface area contributed by atoms with Gasteiger partial charge in [0.2, 0.25) is 0 Å². The Labute approximate surface area is 146 Å². The molecule has 2 atom stereocenters. The van der Waals surface area contributed by atoms with E-state index >= 15 is 0 Å². The molecule has 0 aromatic heterocycles. The molecule has 2 rings (SSSR count). The lowest BCUT2D eigenvalue weighted by Gasteiger charge is -2.26. The second-order valence-electron chi connectivity index (χ2n) is 5.19. The van der Waals surface area contributed by atoms with Gasteiger partial charge < -0.3 is 9.47 Å². The Bertz CT molecular complexity index is 700. The molecule has 126 valence electrons. The maximum Gasteiger partial charge on any atom is 0.317 e. The largest absolute Gasteiger partial charge is 0.465 e. The van der Waals surface area contributed by atoms with Crippen molar-refractivity contribution in [3.63, 3.8) is 0 Å². The number of rotatable bonds is 6. The van der Waals surface area contributed by atoms with Crippen LogP contribution in [0.1, 0.15) is 37.0 Å². The molecule has 0 heterocycles. The highest BCUT2D eigenvalue weighted by Gasteiger charge is 2.35. The Balaban J connectivity index is 2.54. The predicted molar refractivity (Wildman–Crippen MR) is 91.8 cm³/mol. The molecule has 2 unspecified atom stereocenters. The molecule has 0 spiro atoms. The van der Waals surface area contributed by atoms with Crippen LogP contribution < -0.4 is 0 Å². The van der Waals surface area contributed by atoms with Crippen LogP contribution in [-0.2, 0) is 19.1 Å². The fourth-order valence-electron chi connectivity index (χ4n) is 2.52. The third-order valence-corrected chi connectivity index (χ3v) is 3.85. The number of benzene rings is 2. The van der Waals surface area contributed by atoms with Crippen LogP contribution in [0, 0.1) is 0 Å². The molecule has 0 saturated heterocycles. The summed E-state index contributed by atoms with van der Waals surface area (Å²) in [5.74, 6) is -1.75. The summed E-state index contributed by atoms with van der Waals surface area (Å²) in [7, 11) is 0. The quantitative estimate of drug-likeness (QED) is 0.732. The molecule has 0 aliphatic carbocycles. The molecule has 2 aromatic rings. The second-order valence-corrected chi connectivity index (χ2v) is 5.60. The Hall–Kier alpha value is -2.33. The molecule has 0 saturated carbocycles. The van der Waals surface area contributed by atoms with Crippen LogP contribution in [0.3, 0.4) is 0 Å². The van der Waals surface area contributed by atoms with E-state index in [0.29, 0.717) is 16.1 Å². The van der Waals surface area contributed by atoms with Gasteiger partial charge in [0.25, 0.3) is 0 Å². The summed E-state index contributed by atoms with van der Waals surface area (Å²) < 4.78 is 10.7. The first-order valence-corrected chi connectivity index (χ1v) is 8.05. The van der Waals surface area contributed by atoms with E-state index in [-0.39, 0.29) is 6.61 Å². The van der Waals surface area contributed by atoms with Crippen LogP contribution in [-0.4, -0.2) is 18.5 Å². The number of carbonyl (C=O) groups excluding carboxylic acids is 2. The molecule has 5 heteroatoms. The van der Waals surface area contributed by atoms with Gasteiger partial charge in [0, 0.05) is 17.5 Å². The van der Waals surface area contributed by atoms with Crippen LogP contribution in [0.2, 0.25) is 5.02 Å². The summed E-state index contributed by atoms with van der Waals surface area (Å²) in [5, 5.41) is 0.425. The summed E-state index contributed by atoms with van der Waals surface area (Å²) >= 11 is 6.27. The molecule has 0 radical (unpaired) electrons. The smallest absolute Gasteiger partial charge is 0.317 e. The van der Waals surface area contributed by atoms with Crippen molar-refractivity contribution in [3.05, 3.63) is 70.7 Å². The second kappa shape index (κ2) is 8.50. The van der Waals surface area contributed by atoms with E-state index in [9.17, 15) is 9.59 Å². The lowest BCUT2D eigenvalue weighted by molar-refractivity contribution is -0.156. The van der Waals surface area contributed by atoms with E-state index in [1.54, 1.807) is 43.3 Å². The summed E-state index contributed by atoms with van der Waals surface area (Å²) in [6.45, 7) is 3.27. The van der Waals surface area contributed by atoms with E-state index in [2.05, 4.69) is 0 Å². The topological polar surface area (TPSA) is 52.6 Å². The van der Waals surface area contributed by atoms with E-state index in [4.69, 9.17) is 21.1 Å². The van der Waals surface area contributed by atoms with Crippen molar-refractivity contribution < 1.29 is 19.1 Å². The Morgan fingerprint density at radius 1 is 1.04 bits per heavy atom. The van der Waals surface area contributed by atoms with Gasteiger partial charge in [-0.3, -0.25) is 9.59 Å². The van der Waals surface area contributed by atoms with Crippen molar-refractivity contribution >= 4 is 23.5 Å². The predicted octanol–water partition coefficient (Wildman–Crippen LogP) is 4.29. The van der Waals surface area contributed by atoms with Gasteiger partial charge in [-0.1, -0.05) is 60.1 Å². The third-order valence-electron chi connectivity index (χ3n) is 3.51. The lowest BCUT2D eigenvalue weighted by Crippen LogP contribution is -2.26. The maximum atomic E-state index is 12.6. The Morgan fingerprint density at radius 3 is 2.25 bits per heavy atom. The van der Waals surface area contributed by atoms with E-state index < -0.39 is 24.0 Å². The normalized spacial score (nSPS) is 13.0. The average Bonchev–Trinajstić information content (AvgIpc) is 2.56. The van der Waals surface area contributed by atoms with Crippen LogP contribution in [0.4, 0.5) is 0 Å². The van der Waals surface area contributed by atoms with E-state index in [0.717, 1.165) is 0 Å². The summed E-state index contributed by atoms with van der Waals surface area (Å²) in [6.07, 6.45) is -0.863. The van der Waals surface area contributed by atoms with Crippen LogP contribution >= 0.6 is 11.6 Å². The number of halogens is 1. The minimum Gasteiger partial charge on any atom is -0.465 e. The van der Waals surface area contributed by atoms with Crippen molar-refractivity contribution in [2.24, 2.45) is 0 Å². The van der Waals surface area contributed by atoms with Crippen LogP contribution in [0.15, 0.2) is 54.6 Å². The molecule has 2 aromatic carbocycles. The molecule has 24 heavy (non-hydrogen) atoms. The molecule has 0 fully saturated rings. The van der Waals surface area contributed by atoms with Crippen molar-refractivity contribution in [2.45, 2.75) is 25.9 Å². The van der Waals surface area contributed by atoms with Crippen molar-refractivity contribution in [2.75, 3.05) is 6.61 Å². The Morgan fingerprint density at radius 2 is 1.67 bits per heavy atom. The Kier molecular flexibility index (Phi) is 6.38. The molecule has 0 N–H and O–H groups in total. The van der Waals surface area contributed by atoms with Crippen LogP contribution in [0.25, 0.3) is 0 Å². The average molecular weight is 347 g/mol. The van der Waals surface area contributed by atoms with Crippen molar-refractivity contribution in [3.8, 4) is 0 Å². The van der Waals surface area contributed by atoms with E-state index in [1.807, 2.05) is 18.2 Å². The fraction of sp³-hybridized carbons (Fsp3) is 0.263. The monoisotopic (exact) mass is 346 g/mol. The number of hydrogen-bond acceptors (Lipinski definition) is 4. The first kappa shape index (κ1) is 18.0. The minimum atomic E-state index is -0.863. The van der Waals surface area contributed by atoms with Gasteiger partial charge in [-0.15, -0.1) is 0 Å². The fourth-order valence-corrected chi connectivity index (χ4v) is 2.77. The van der Waals surface area contributed by atoms with Gasteiger partial charge in [-0.05, 0) is 18.6 Å². The van der Waals surface area contributed by atoms with E-state index in [1.165, 1.54) is 6.92 Å². The summed E-state index contributed by atoms with van der Waals surface area (Å²) in [6, 6.07) is 16.1. The molecule has 0 bridgehead atoms. The molecular formula is C19H19ClO4. The summed E-state index contributed by atoms with van der Waals surface area (Å²) in [5.41, 5.74) is 1.26. The van der Waals surface area contributed by atoms with Gasteiger partial charge in [0.15, 0.2) is 0 Å². The van der Waals surface area contributed by atoms with Crippen molar-refractivity contribution in [1.29, 1.82) is 0 Å². The lowest BCUT2D eigenvalue weighted by atomic mass is 9.89. The van der Waals surface area contributed by atoms with Crippen molar-refractivity contribution in [1.82, 2.24) is 0 Å². The highest BCUT2D eigenvalue weighted by atomic mass is 35.5. The zero-order valence-corrected chi connectivity index (χ0v) is 14.3. The molecule has 0 amide bonds. The molecule has 4 nitrogen and oxygen atoms in total. The highest BCUT2D eigenvalue weighted by Crippen LogP contribution is 2.38. The first-order valence-electron chi connectivity index (χ1n) is 7.67. The van der Waals surface area contributed by atoms with Crippen LogP contribution in [0.5, 0.6) is 0 Å². The van der Waals surface area contributed by atoms with Gasteiger partial charge >= 0.3 is 11.9 Å². The maximum absolute atomic E-state index is 12.6. The number of carbonyl (C=O) groups is 2. The first-order chi connectivity index (χ1) is 11.5. The number of esters is 2.